The summed E-state index contributed by atoms with van der Waals surface area (Å²) in [5.74, 6) is -0.254. The minimum absolute atomic E-state index is 0.0111. The third-order valence-electron chi connectivity index (χ3n) is 4.38. The molecule has 1 N–H and O–H groups in total. The summed E-state index contributed by atoms with van der Waals surface area (Å²) in [6.07, 6.45) is 1.96. The van der Waals surface area contributed by atoms with Crippen LogP contribution in [-0.2, 0) is 4.79 Å². The second-order valence-corrected chi connectivity index (χ2v) is 8.12. The topological polar surface area (TPSA) is 46.2 Å². The maximum atomic E-state index is 14.1. The predicted octanol–water partition coefficient (Wildman–Crippen LogP) is 5.48. The number of Topliss-reactive ketones (excluding diaryl/α,β-unsaturated/α-hetero) is 1. The van der Waals surface area contributed by atoms with E-state index >= 15 is 0 Å². The first-order valence-corrected chi connectivity index (χ1v) is 10.6. The lowest BCUT2D eigenvalue weighted by Gasteiger charge is -2.25. The molecule has 26 heavy (non-hydrogen) atoms. The average molecular weight is 394 g/mol. The van der Waals surface area contributed by atoms with Gasteiger partial charge in [-0.15, -0.1) is 23.1 Å². The molecular formula is C20H24FNO2S2. The van der Waals surface area contributed by atoms with E-state index < -0.39 is 5.82 Å². The number of hydrogen-bond donors (Lipinski definition) is 1. The SMILES string of the molecule is CCC(CC)C(NC(=O)CSc1ccc(C(C)=O)cc1F)c1cccs1. The minimum atomic E-state index is -0.467. The second kappa shape index (κ2) is 9.88. The molecule has 0 bridgehead atoms. The summed E-state index contributed by atoms with van der Waals surface area (Å²) >= 11 is 2.79. The van der Waals surface area contributed by atoms with Crippen molar-refractivity contribution in [1.82, 2.24) is 5.32 Å². The summed E-state index contributed by atoms with van der Waals surface area (Å²) in [5.41, 5.74) is 0.336. The summed E-state index contributed by atoms with van der Waals surface area (Å²) in [6.45, 7) is 5.65. The number of thioether (sulfide) groups is 1. The predicted molar refractivity (Wildman–Crippen MR) is 106 cm³/mol. The van der Waals surface area contributed by atoms with Gasteiger partial charge >= 0.3 is 0 Å². The van der Waals surface area contributed by atoms with Gasteiger partial charge in [-0.1, -0.05) is 38.8 Å². The number of benzene rings is 1. The minimum Gasteiger partial charge on any atom is -0.347 e. The highest BCUT2D eigenvalue weighted by molar-refractivity contribution is 8.00. The first-order chi connectivity index (χ1) is 12.5. The highest BCUT2D eigenvalue weighted by Crippen LogP contribution is 2.31. The lowest BCUT2D eigenvalue weighted by molar-refractivity contribution is -0.119. The van der Waals surface area contributed by atoms with E-state index in [1.165, 1.54) is 13.0 Å². The van der Waals surface area contributed by atoms with Gasteiger partial charge in [0.05, 0.1) is 11.8 Å². The Hall–Kier alpha value is -1.66. The molecule has 0 aliphatic carbocycles. The zero-order valence-corrected chi connectivity index (χ0v) is 16.9. The molecule has 0 aliphatic heterocycles. The smallest absolute Gasteiger partial charge is 0.230 e. The van der Waals surface area contributed by atoms with Gasteiger partial charge in [-0.05, 0) is 36.4 Å². The molecule has 0 fully saturated rings. The van der Waals surface area contributed by atoms with Gasteiger partial charge in [-0.25, -0.2) is 4.39 Å². The Morgan fingerprint density at radius 2 is 1.96 bits per heavy atom. The van der Waals surface area contributed by atoms with Crippen LogP contribution in [0.1, 0.15) is 54.9 Å². The Kier molecular flexibility index (Phi) is 7.85. The van der Waals surface area contributed by atoms with E-state index in [1.54, 1.807) is 23.5 Å². The zero-order chi connectivity index (χ0) is 19.1. The van der Waals surface area contributed by atoms with Crippen LogP contribution in [0.5, 0.6) is 0 Å². The number of amides is 1. The van der Waals surface area contributed by atoms with Crippen molar-refractivity contribution in [1.29, 1.82) is 0 Å². The van der Waals surface area contributed by atoms with Crippen LogP contribution in [0, 0.1) is 11.7 Å². The molecule has 1 aromatic heterocycles. The molecule has 2 rings (SSSR count). The fourth-order valence-corrected chi connectivity index (χ4v) is 4.45. The number of carbonyl (C=O) groups is 2. The lowest BCUT2D eigenvalue weighted by atomic mass is 9.93. The van der Waals surface area contributed by atoms with Crippen LogP contribution in [0.4, 0.5) is 4.39 Å². The van der Waals surface area contributed by atoms with Gasteiger partial charge < -0.3 is 5.32 Å². The van der Waals surface area contributed by atoms with Crippen molar-refractivity contribution in [2.24, 2.45) is 5.92 Å². The van der Waals surface area contributed by atoms with Crippen molar-refractivity contribution in [2.45, 2.75) is 44.6 Å². The number of halogens is 1. The van der Waals surface area contributed by atoms with Gasteiger partial charge in [-0.2, -0.15) is 0 Å². The summed E-state index contributed by atoms with van der Waals surface area (Å²) in [7, 11) is 0. The highest BCUT2D eigenvalue weighted by Gasteiger charge is 2.23. The van der Waals surface area contributed by atoms with E-state index in [4.69, 9.17) is 0 Å². The van der Waals surface area contributed by atoms with Crippen LogP contribution in [0.3, 0.4) is 0 Å². The van der Waals surface area contributed by atoms with Gasteiger partial charge in [0, 0.05) is 15.3 Å². The van der Waals surface area contributed by atoms with Gasteiger partial charge in [0.25, 0.3) is 0 Å². The second-order valence-electron chi connectivity index (χ2n) is 6.13. The standard InChI is InChI=1S/C20H24FNO2S2/c1-4-14(5-2)20(18-7-6-10-25-18)22-19(24)12-26-17-9-8-15(13(3)23)11-16(17)21/h6-11,14,20H,4-5,12H2,1-3H3,(H,22,24). The van der Waals surface area contributed by atoms with Crippen molar-refractivity contribution in [3.05, 3.63) is 52.0 Å². The third-order valence-corrected chi connectivity index (χ3v) is 6.39. The van der Waals surface area contributed by atoms with E-state index in [0.29, 0.717) is 16.4 Å². The molecule has 1 amide bonds. The summed E-state index contributed by atoms with van der Waals surface area (Å²) < 4.78 is 14.1. The molecule has 1 aromatic carbocycles. The molecule has 0 saturated heterocycles. The van der Waals surface area contributed by atoms with Crippen molar-refractivity contribution >= 4 is 34.8 Å². The molecule has 0 spiro atoms. The molecule has 1 heterocycles. The lowest BCUT2D eigenvalue weighted by Crippen LogP contribution is -2.34. The number of hydrogen-bond acceptors (Lipinski definition) is 4. The third kappa shape index (κ3) is 5.42. The van der Waals surface area contributed by atoms with Crippen LogP contribution in [0.25, 0.3) is 0 Å². The fourth-order valence-electron chi connectivity index (χ4n) is 2.84. The van der Waals surface area contributed by atoms with Crippen LogP contribution < -0.4 is 5.32 Å². The Bertz CT molecular complexity index is 742. The van der Waals surface area contributed by atoms with E-state index in [9.17, 15) is 14.0 Å². The average Bonchev–Trinajstić information content (AvgIpc) is 3.15. The molecule has 3 nitrogen and oxygen atoms in total. The molecule has 140 valence electrons. The Labute approximate surface area is 162 Å². The van der Waals surface area contributed by atoms with Crippen molar-refractivity contribution < 1.29 is 14.0 Å². The maximum absolute atomic E-state index is 14.1. The van der Waals surface area contributed by atoms with E-state index in [1.807, 2.05) is 17.5 Å². The fraction of sp³-hybridized carbons (Fsp3) is 0.400. The van der Waals surface area contributed by atoms with Crippen LogP contribution in [0.2, 0.25) is 0 Å². The van der Waals surface area contributed by atoms with Crippen LogP contribution in [-0.4, -0.2) is 17.4 Å². The van der Waals surface area contributed by atoms with E-state index in [2.05, 4.69) is 19.2 Å². The molecule has 6 heteroatoms. The van der Waals surface area contributed by atoms with E-state index in [-0.39, 0.29) is 23.5 Å². The molecule has 0 radical (unpaired) electrons. The van der Waals surface area contributed by atoms with Gasteiger partial charge in [0.1, 0.15) is 5.82 Å². The molecule has 1 atom stereocenters. The summed E-state index contributed by atoms with van der Waals surface area (Å²) in [4.78, 5) is 25.3. The number of nitrogens with one attached hydrogen (secondary N) is 1. The molecular weight excluding hydrogens is 369 g/mol. The molecule has 2 aromatic rings. The molecule has 1 unspecified atom stereocenters. The van der Waals surface area contributed by atoms with E-state index in [0.717, 1.165) is 29.5 Å². The van der Waals surface area contributed by atoms with Crippen molar-refractivity contribution in [3.63, 3.8) is 0 Å². The Morgan fingerprint density at radius 3 is 2.50 bits per heavy atom. The normalized spacial score (nSPS) is 12.2. The van der Waals surface area contributed by atoms with Gasteiger partial charge in [0.15, 0.2) is 5.78 Å². The largest absolute Gasteiger partial charge is 0.347 e. The van der Waals surface area contributed by atoms with Crippen molar-refractivity contribution in [2.75, 3.05) is 5.75 Å². The molecule has 0 aliphatic rings. The number of rotatable bonds is 9. The van der Waals surface area contributed by atoms with Crippen LogP contribution >= 0.6 is 23.1 Å². The molecule has 0 saturated carbocycles. The zero-order valence-electron chi connectivity index (χ0n) is 15.3. The monoisotopic (exact) mass is 393 g/mol. The first kappa shape index (κ1) is 20.6. The number of thiophene rings is 1. The van der Waals surface area contributed by atoms with Crippen molar-refractivity contribution in [3.8, 4) is 0 Å². The highest BCUT2D eigenvalue weighted by atomic mass is 32.2. The quantitative estimate of drug-likeness (QED) is 0.453. The summed E-state index contributed by atoms with van der Waals surface area (Å²) in [6, 6.07) is 8.39. The summed E-state index contributed by atoms with van der Waals surface area (Å²) in [5, 5.41) is 5.13. The number of carbonyl (C=O) groups excluding carboxylic acids is 2. The van der Waals surface area contributed by atoms with Crippen LogP contribution in [0.15, 0.2) is 40.6 Å². The van der Waals surface area contributed by atoms with Gasteiger partial charge in [-0.3, -0.25) is 9.59 Å². The van der Waals surface area contributed by atoms with Gasteiger partial charge in [0.2, 0.25) is 5.91 Å². The first-order valence-electron chi connectivity index (χ1n) is 8.72. The number of ketones is 1. The Morgan fingerprint density at radius 1 is 1.23 bits per heavy atom. The maximum Gasteiger partial charge on any atom is 0.230 e. The Balaban J connectivity index is 2.01.